The first kappa shape index (κ1) is 16.1. The van der Waals surface area contributed by atoms with Crippen molar-refractivity contribution >= 4 is 59.6 Å². The Hall–Kier alpha value is 1.01. The van der Waals surface area contributed by atoms with Crippen molar-refractivity contribution in [1.82, 2.24) is 0 Å². The summed E-state index contributed by atoms with van der Waals surface area (Å²) < 4.78 is 1.16. The van der Waals surface area contributed by atoms with Crippen molar-refractivity contribution in [2.24, 2.45) is 0 Å². The maximum atomic E-state index is 3.69. The van der Waals surface area contributed by atoms with Gasteiger partial charge in [0.25, 0.3) is 0 Å². The van der Waals surface area contributed by atoms with E-state index in [4.69, 9.17) is 0 Å². The van der Waals surface area contributed by atoms with E-state index in [9.17, 15) is 0 Å². The molecule has 1 aromatic rings. The Kier molecular flexibility index (Phi) is 7.78. The molecule has 96 valence electrons. The van der Waals surface area contributed by atoms with Gasteiger partial charge < -0.3 is 0 Å². The Bertz CT molecular complexity index is 337. The van der Waals surface area contributed by atoms with Crippen molar-refractivity contribution in [3.8, 4) is 0 Å². The summed E-state index contributed by atoms with van der Waals surface area (Å²) >= 11 is 13.0. The Morgan fingerprint density at radius 3 is 2.47 bits per heavy atom. The number of halogens is 3. The summed E-state index contributed by atoms with van der Waals surface area (Å²) in [6, 6.07) is 8.66. The topological polar surface area (TPSA) is 0 Å². The van der Waals surface area contributed by atoms with Crippen LogP contribution < -0.4 is 0 Å². The molecular formula is C13H17Br3S. The second-order valence-electron chi connectivity index (χ2n) is 4.00. The number of alkyl halides is 2. The summed E-state index contributed by atoms with van der Waals surface area (Å²) in [6.45, 7) is 2.22. The molecule has 0 heterocycles. The molecule has 0 atom stereocenters. The molecule has 0 aliphatic carbocycles. The van der Waals surface area contributed by atoms with Crippen LogP contribution in [0, 0.1) is 0 Å². The first-order chi connectivity index (χ1) is 8.18. The minimum Gasteiger partial charge on any atom is -0.162 e. The summed E-state index contributed by atoms with van der Waals surface area (Å²) in [5.41, 5.74) is 1.60. The predicted molar refractivity (Wildman–Crippen MR) is 91.0 cm³/mol. The number of thioether (sulfide) groups is 1. The van der Waals surface area contributed by atoms with Crippen molar-refractivity contribution in [2.45, 2.75) is 18.8 Å². The quantitative estimate of drug-likeness (QED) is 0.388. The van der Waals surface area contributed by atoms with Gasteiger partial charge >= 0.3 is 0 Å². The number of hydrogen-bond acceptors (Lipinski definition) is 1. The van der Waals surface area contributed by atoms with Gasteiger partial charge in [0.15, 0.2) is 0 Å². The van der Waals surface area contributed by atoms with E-state index in [1.807, 2.05) is 11.8 Å². The minimum atomic E-state index is 0.200. The van der Waals surface area contributed by atoms with Gasteiger partial charge in [0, 0.05) is 20.5 Å². The highest BCUT2D eigenvalue weighted by Crippen LogP contribution is 2.34. The molecule has 0 saturated carbocycles. The molecule has 1 rings (SSSR count). The Balaban J connectivity index is 2.89. The Morgan fingerprint density at radius 2 is 1.94 bits per heavy atom. The first-order valence-corrected chi connectivity index (χ1v) is 9.83. The third-order valence-electron chi connectivity index (χ3n) is 2.88. The molecule has 0 aromatic heterocycles. The summed E-state index contributed by atoms with van der Waals surface area (Å²) in [5, 5.41) is 1.98. The lowest BCUT2D eigenvalue weighted by atomic mass is 9.82. The van der Waals surface area contributed by atoms with Crippen LogP contribution in [0.3, 0.4) is 0 Å². The monoisotopic (exact) mass is 442 g/mol. The fourth-order valence-electron chi connectivity index (χ4n) is 1.70. The van der Waals surface area contributed by atoms with Crippen LogP contribution in [0.25, 0.3) is 0 Å². The third kappa shape index (κ3) is 4.55. The lowest BCUT2D eigenvalue weighted by Crippen LogP contribution is -2.31. The average molecular weight is 445 g/mol. The van der Waals surface area contributed by atoms with Crippen LogP contribution in [0.5, 0.6) is 0 Å². The zero-order valence-electron chi connectivity index (χ0n) is 9.89. The van der Waals surface area contributed by atoms with Gasteiger partial charge in [-0.2, -0.15) is 11.8 Å². The molecule has 0 N–H and O–H groups in total. The molecule has 1 aromatic carbocycles. The molecule has 0 saturated heterocycles. The van der Waals surface area contributed by atoms with Crippen LogP contribution in [0.2, 0.25) is 0 Å². The maximum absolute atomic E-state index is 3.69. The molecule has 0 spiro atoms. The molecule has 0 aliphatic rings. The van der Waals surface area contributed by atoms with Crippen molar-refractivity contribution in [2.75, 3.05) is 22.2 Å². The molecular weight excluding hydrogens is 428 g/mol. The molecule has 0 aliphatic heterocycles. The molecule has 0 radical (unpaired) electrons. The minimum absolute atomic E-state index is 0.200. The van der Waals surface area contributed by atoms with E-state index >= 15 is 0 Å². The van der Waals surface area contributed by atoms with Gasteiger partial charge in [0.05, 0.1) is 0 Å². The zero-order chi connectivity index (χ0) is 12.7. The second-order valence-corrected chi connectivity index (χ2v) is 7.44. The van der Waals surface area contributed by atoms with Gasteiger partial charge in [-0.3, -0.25) is 0 Å². The normalized spacial score (nSPS) is 11.8. The van der Waals surface area contributed by atoms with Gasteiger partial charge in [0.2, 0.25) is 0 Å². The fraction of sp³-hybridized carbons (Fsp3) is 0.538. The number of rotatable bonds is 7. The maximum Gasteiger partial charge on any atom is 0.0178 e. The summed E-state index contributed by atoms with van der Waals surface area (Å²) in [6.07, 6.45) is 1.19. The Labute approximate surface area is 134 Å². The SMILES string of the molecule is CCSCCC(CBr)(CBr)c1cccc(Br)c1. The smallest absolute Gasteiger partial charge is 0.0178 e. The van der Waals surface area contributed by atoms with Crippen molar-refractivity contribution in [3.05, 3.63) is 34.3 Å². The predicted octanol–water partition coefficient (Wildman–Crippen LogP) is 5.62. The zero-order valence-corrected chi connectivity index (χ0v) is 15.5. The summed E-state index contributed by atoms with van der Waals surface area (Å²) in [7, 11) is 0. The van der Waals surface area contributed by atoms with E-state index in [-0.39, 0.29) is 5.41 Å². The van der Waals surface area contributed by atoms with E-state index in [1.165, 1.54) is 23.5 Å². The van der Waals surface area contributed by atoms with E-state index in [1.54, 1.807) is 0 Å². The highest BCUT2D eigenvalue weighted by atomic mass is 79.9. The van der Waals surface area contributed by atoms with Crippen LogP contribution in [-0.2, 0) is 5.41 Å². The molecule has 0 bridgehead atoms. The lowest BCUT2D eigenvalue weighted by Gasteiger charge is -2.31. The highest BCUT2D eigenvalue weighted by molar-refractivity contribution is 9.10. The van der Waals surface area contributed by atoms with Crippen LogP contribution in [-0.4, -0.2) is 22.2 Å². The average Bonchev–Trinajstić information content (AvgIpc) is 2.35. The van der Waals surface area contributed by atoms with E-state index < -0.39 is 0 Å². The molecule has 0 fully saturated rings. The fourth-order valence-corrected chi connectivity index (χ4v) is 5.06. The number of hydrogen-bond donors (Lipinski definition) is 0. The van der Waals surface area contributed by atoms with Crippen LogP contribution >= 0.6 is 59.6 Å². The molecule has 0 amide bonds. The molecule has 0 unspecified atom stereocenters. The highest BCUT2D eigenvalue weighted by Gasteiger charge is 2.29. The van der Waals surface area contributed by atoms with E-state index in [0.29, 0.717) is 0 Å². The lowest BCUT2D eigenvalue weighted by molar-refractivity contribution is 0.538. The van der Waals surface area contributed by atoms with Crippen LogP contribution in [0.15, 0.2) is 28.7 Å². The van der Waals surface area contributed by atoms with Crippen molar-refractivity contribution in [3.63, 3.8) is 0 Å². The number of benzene rings is 1. The van der Waals surface area contributed by atoms with Crippen LogP contribution in [0.4, 0.5) is 0 Å². The summed E-state index contributed by atoms with van der Waals surface area (Å²) in [5.74, 6) is 2.40. The standard InChI is InChI=1S/C13H17Br3S/c1-2-17-7-6-13(9-14,10-15)11-4-3-5-12(16)8-11/h3-5,8H,2,6-7,9-10H2,1H3. The first-order valence-electron chi connectivity index (χ1n) is 5.64. The van der Waals surface area contributed by atoms with Gasteiger partial charge in [0.1, 0.15) is 0 Å². The van der Waals surface area contributed by atoms with Gasteiger partial charge in [-0.05, 0) is 35.6 Å². The van der Waals surface area contributed by atoms with E-state index in [2.05, 4.69) is 79.0 Å². The Morgan fingerprint density at radius 1 is 1.24 bits per heavy atom. The molecule has 4 heteroatoms. The van der Waals surface area contributed by atoms with Crippen molar-refractivity contribution in [1.29, 1.82) is 0 Å². The van der Waals surface area contributed by atoms with Gasteiger partial charge in [-0.15, -0.1) is 0 Å². The molecule has 0 nitrogen and oxygen atoms in total. The largest absolute Gasteiger partial charge is 0.162 e. The second kappa shape index (κ2) is 8.23. The van der Waals surface area contributed by atoms with Gasteiger partial charge in [-0.1, -0.05) is 66.8 Å². The third-order valence-corrected chi connectivity index (χ3v) is 6.42. The van der Waals surface area contributed by atoms with Gasteiger partial charge in [-0.25, -0.2) is 0 Å². The van der Waals surface area contributed by atoms with Crippen molar-refractivity contribution < 1.29 is 0 Å². The molecule has 17 heavy (non-hydrogen) atoms. The summed E-state index contributed by atoms with van der Waals surface area (Å²) in [4.78, 5) is 0. The van der Waals surface area contributed by atoms with Crippen LogP contribution in [0.1, 0.15) is 18.9 Å². The van der Waals surface area contributed by atoms with E-state index in [0.717, 1.165) is 15.1 Å².